The van der Waals surface area contributed by atoms with Crippen LogP contribution in [0.1, 0.15) is 27.2 Å². The minimum absolute atomic E-state index is 0.326. The second-order valence-corrected chi connectivity index (χ2v) is 5.39. The third-order valence-electron chi connectivity index (χ3n) is 2.31. The predicted octanol–water partition coefficient (Wildman–Crippen LogP) is 2.93. The standard InChI is InChI=1S/C14H22FN3O2/c1-14(2,3)20-13(19)18-10-5-6-11(15)12(9-10)17-8-4-7-16/h5-6,9,17H,4,7-8,16H2,1-3H3,(H,18,19). The molecule has 112 valence electrons. The van der Waals surface area contributed by atoms with E-state index >= 15 is 0 Å². The predicted molar refractivity (Wildman–Crippen MR) is 78.4 cm³/mol. The third kappa shape index (κ3) is 5.88. The molecule has 0 heterocycles. The molecule has 0 saturated heterocycles. The molecule has 5 nitrogen and oxygen atoms in total. The van der Waals surface area contributed by atoms with E-state index in [1.165, 1.54) is 18.2 Å². The van der Waals surface area contributed by atoms with Gasteiger partial charge < -0.3 is 15.8 Å². The maximum Gasteiger partial charge on any atom is 0.412 e. The molecule has 1 rings (SSSR count). The van der Waals surface area contributed by atoms with Crippen molar-refractivity contribution in [3.05, 3.63) is 24.0 Å². The van der Waals surface area contributed by atoms with E-state index in [-0.39, 0.29) is 5.82 Å². The molecule has 0 spiro atoms. The van der Waals surface area contributed by atoms with E-state index in [0.29, 0.717) is 24.5 Å². The van der Waals surface area contributed by atoms with Crippen molar-refractivity contribution in [1.82, 2.24) is 0 Å². The summed E-state index contributed by atoms with van der Waals surface area (Å²) < 4.78 is 18.7. The van der Waals surface area contributed by atoms with Crippen LogP contribution < -0.4 is 16.4 Å². The Morgan fingerprint density at radius 3 is 2.70 bits per heavy atom. The third-order valence-corrected chi connectivity index (χ3v) is 2.31. The Hall–Kier alpha value is -1.82. The Labute approximate surface area is 118 Å². The highest BCUT2D eigenvalue weighted by molar-refractivity contribution is 5.85. The lowest BCUT2D eigenvalue weighted by Crippen LogP contribution is -2.27. The number of rotatable bonds is 5. The zero-order valence-electron chi connectivity index (χ0n) is 12.1. The minimum atomic E-state index is -0.577. The van der Waals surface area contributed by atoms with E-state index < -0.39 is 11.7 Å². The zero-order chi connectivity index (χ0) is 15.2. The van der Waals surface area contributed by atoms with E-state index in [2.05, 4.69) is 10.6 Å². The summed E-state index contributed by atoms with van der Waals surface area (Å²) in [4.78, 5) is 11.6. The smallest absolute Gasteiger partial charge is 0.412 e. The first-order chi connectivity index (χ1) is 9.31. The number of nitrogens with one attached hydrogen (secondary N) is 2. The highest BCUT2D eigenvalue weighted by Gasteiger charge is 2.16. The molecular weight excluding hydrogens is 261 g/mol. The highest BCUT2D eigenvalue weighted by atomic mass is 19.1. The van der Waals surface area contributed by atoms with E-state index in [1.807, 2.05) is 0 Å². The van der Waals surface area contributed by atoms with Crippen molar-refractivity contribution in [3.63, 3.8) is 0 Å². The molecule has 0 saturated carbocycles. The van der Waals surface area contributed by atoms with Crippen LogP contribution >= 0.6 is 0 Å². The molecule has 0 atom stereocenters. The van der Waals surface area contributed by atoms with E-state index in [4.69, 9.17) is 10.5 Å². The van der Waals surface area contributed by atoms with Crippen LogP contribution in [0.2, 0.25) is 0 Å². The van der Waals surface area contributed by atoms with Gasteiger partial charge in [0.2, 0.25) is 0 Å². The summed E-state index contributed by atoms with van der Waals surface area (Å²) in [6.45, 7) is 6.43. The van der Waals surface area contributed by atoms with E-state index in [1.54, 1.807) is 20.8 Å². The number of benzene rings is 1. The summed E-state index contributed by atoms with van der Waals surface area (Å²) in [7, 11) is 0. The van der Waals surface area contributed by atoms with Crippen molar-refractivity contribution < 1.29 is 13.9 Å². The summed E-state index contributed by atoms with van der Waals surface area (Å²) in [5, 5.41) is 5.49. The zero-order valence-corrected chi connectivity index (χ0v) is 12.1. The SMILES string of the molecule is CC(C)(C)OC(=O)Nc1ccc(F)c(NCCCN)c1. The average molecular weight is 283 g/mol. The quantitative estimate of drug-likeness (QED) is 0.726. The lowest BCUT2D eigenvalue weighted by molar-refractivity contribution is 0.0636. The molecule has 1 aromatic rings. The fourth-order valence-corrected chi connectivity index (χ4v) is 1.49. The van der Waals surface area contributed by atoms with Gasteiger partial charge in [0, 0.05) is 12.2 Å². The number of hydrogen-bond donors (Lipinski definition) is 3. The summed E-state index contributed by atoms with van der Waals surface area (Å²) in [5.41, 5.74) is 5.60. The van der Waals surface area contributed by atoms with Gasteiger partial charge in [-0.2, -0.15) is 0 Å². The Bertz CT molecular complexity index is 458. The Balaban J connectivity index is 2.67. The van der Waals surface area contributed by atoms with Crippen molar-refractivity contribution in [3.8, 4) is 0 Å². The second-order valence-electron chi connectivity index (χ2n) is 5.39. The van der Waals surface area contributed by atoms with Crippen LogP contribution in [0, 0.1) is 5.82 Å². The largest absolute Gasteiger partial charge is 0.444 e. The molecule has 4 N–H and O–H groups in total. The molecule has 0 radical (unpaired) electrons. The summed E-state index contributed by atoms with van der Waals surface area (Å²) in [5.74, 6) is -0.378. The van der Waals surface area contributed by atoms with Gasteiger partial charge in [-0.15, -0.1) is 0 Å². The van der Waals surface area contributed by atoms with Gasteiger partial charge >= 0.3 is 6.09 Å². The van der Waals surface area contributed by atoms with Gasteiger partial charge in [-0.25, -0.2) is 9.18 Å². The normalized spacial score (nSPS) is 11.1. The first kappa shape index (κ1) is 16.2. The number of carbonyl (C=O) groups is 1. The number of anilines is 2. The summed E-state index contributed by atoms with van der Waals surface area (Å²) in [6, 6.07) is 4.29. The van der Waals surface area contributed by atoms with Crippen LogP contribution in [0.5, 0.6) is 0 Å². The number of amides is 1. The molecule has 0 fully saturated rings. The van der Waals surface area contributed by atoms with Gasteiger partial charge in [0.25, 0.3) is 0 Å². The van der Waals surface area contributed by atoms with Crippen LogP contribution in [0.15, 0.2) is 18.2 Å². The fraction of sp³-hybridized carbons (Fsp3) is 0.500. The molecule has 0 aliphatic carbocycles. The maximum atomic E-state index is 13.6. The number of ether oxygens (including phenoxy) is 1. The van der Waals surface area contributed by atoms with Crippen LogP contribution in [0.3, 0.4) is 0 Å². The Kier molecular flexibility index (Phi) is 5.76. The van der Waals surface area contributed by atoms with Crippen LogP contribution in [-0.4, -0.2) is 24.8 Å². The molecule has 0 aromatic heterocycles. The van der Waals surface area contributed by atoms with E-state index in [0.717, 1.165) is 6.42 Å². The summed E-state index contributed by atoms with van der Waals surface area (Å²) >= 11 is 0. The van der Waals surface area contributed by atoms with Crippen molar-refractivity contribution in [1.29, 1.82) is 0 Å². The van der Waals surface area contributed by atoms with Crippen molar-refractivity contribution in [2.45, 2.75) is 32.8 Å². The average Bonchev–Trinajstić information content (AvgIpc) is 2.31. The Morgan fingerprint density at radius 1 is 1.40 bits per heavy atom. The molecule has 1 aromatic carbocycles. The van der Waals surface area contributed by atoms with Gasteiger partial charge in [-0.1, -0.05) is 0 Å². The molecule has 1 amide bonds. The molecule has 6 heteroatoms. The fourth-order valence-electron chi connectivity index (χ4n) is 1.49. The number of halogens is 1. The molecular formula is C14H22FN3O2. The molecule has 0 aliphatic heterocycles. The van der Waals surface area contributed by atoms with E-state index in [9.17, 15) is 9.18 Å². The maximum absolute atomic E-state index is 13.6. The lowest BCUT2D eigenvalue weighted by atomic mass is 10.2. The van der Waals surface area contributed by atoms with Gasteiger partial charge in [0.05, 0.1) is 5.69 Å². The molecule has 0 aliphatic rings. The lowest BCUT2D eigenvalue weighted by Gasteiger charge is -2.20. The van der Waals surface area contributed by atoms with Crippen LogP contribution in [0.25, 0.3) is 0 Å². The topological polar surface area (TPSA) is 76.4 Å². The highest BCUT2D eigenvalue weighted by Crippen LogP contribution is 2.20. The molecule has 0 unspecified atom stereocenters. The van der Waals surface area contributed by atoms with Crippen molar-refractivity contribution in [2.75, 3.05) is 23.7 Å². The van der Waals surface area contributed by atoms with Crippen LogP contribution in [0.4, 0.5) is 20.6 Å². The summed E-state index contributed by atoms with van der Waals surface area (Å²) in [6.07, 6.45) is 0.167. The van der Waals surface area contributed by atoms with Gasteiger partial charge in [0.15, 0.2) is 0 Å². The van der Waals surface area contributed by atoms with Crippen LogP contribution in [-0.2, 0) is 4.74 Å². The monoisotopic (exact) mass is 283 g/mol. The van der Waals surface area contributed by atoms with Crippen molar-refractivity contribution >= 4 is 17.5 Å². The minimum Gasteiger partial charge on any atom is -0.444 e. The second kappa shape index (κ2) is 7.09. The number of carbonyl (C=O) groups excluding carboxylic acids is 1. The number of nitrogens with two attached hydrogens (primary N) is 1. The molecule has 20 heavy (non-hydrogen) atoms. The first-order valence-electron chi connectivity index (χ1n) is 6.55. The Morgan fingerprint density at radius 2 is 2.10 bits per heavy atom. The first-order valence-corrected chi connectivity index (χ1v) is 6.55. The van der Waals surface area contributed by atoms with Gasteiger partial charge in [0.1, 0.15) is 11.4 Å². The van der Waals surface area contributed by atoms with Crippen molar-refractivity contribution in [2.24, 2.45) is 5.73 Å². The van der Waals surface area contributed by atoms with Gasteiger partial charge in [-0.3, -0.25) is 5.32 Å². The van der Waals surface area contributed by atoms with Gasteiger partial charge in [-0.05, 0) is 51.9 Å². The number of hydrogen-bond acceptors (Lipinski definition) is 4. The molecule has 0 bridgehead atoms.